The van der Waals surface area contributed by atoms with Crippen LogP contribution in [0.25, 0.3) is 0 Å². The number of aromatic nitrogens is 2. The molecule has 92 valence electrons. The average molecular weight is 263 g/mol. The van der Waals surface area contributed by atoms with Crippen molar-refractivity contribution >= 4 is 29.1 Å². The van der Waals surface area contributed by atoms with Crippen molar-refractivity contribution in [3.05, 3.63) is 47.2 Å². The molecule has 0 aliphatic rings. The molecule has 0 saturated heterocycles. The Balaban J connectivity index is 2.29. The summed E-state index contributed by atoms with van der Waals surface area (Å²) in [5.74, 6) is 0.507. The third-order valence-electron chi connectivity index (χ3n) is 2.41. The predicted molar refractivity (Wildman–Crippen MR) is 70.6 cm³/mol. The Morgan fingerprint density at radius 1 is 1.39 bits per heavy atom. The second-order valence-corrected chi connectivity index (χ2v) is 4.05. The molecule has 0 radical (unpaired) electrons. The lowest BCUT2D eigenvalue weighted by Crippen LogP contribution is -2.27. The second-order valence-electron chi connectivity index (χ2n) is 3.64. The molecular formula is C12H11ClN4O. The summed E-state index contributed by atoms with van der Waals surface area (Å²) in [6.07, 6.45) is 3.01. The molecule has 0 aliphatic heterocycles. The van der Waals surface area contributed by atoms with Gasteiger partial charge in [-0.25, -0.2) is 9.97 Å². The van der Waals surface area contributed by atoms with E-state index in [0.717, 1.165) is 0 Å². The fourth-order valence-electron chi connectivity index (χ4n) is 1.42. The van der Waals surface area contributed by atoms with Gasteiger partial charge < -0.3 is 5.73 Å². The van der Waals surface area contributed by atoms with E-state index in [0.29, 0.717) is 11.4 Å². The quantitative estimate of drug-likeness (QED) is 0.898. The number of anilines is 2. The molecule has 6 heteroatoms. The molecule has 2 aromatic rings. The van der Waals surface area contributed by atoms with E-state index in [1.165, 1.54) is 17.2 Å². The van der Waals surface area contributed by atoms with Crippen molar-refractivity contribution in [2.75, 3.05) is 17.7 Å². The molecule has 5 nitrogen and oxygen atoms in total. The van der Waals surface area contributed by atoms with E-state index in [-0.39, 0.29) is 16.7 Å². The summed E-state index contributed by atoms with van der Waals surface area (Å²) >= 11 is 5.83. The normalized spacial score (nSPS) is 10.1. The number of carbonyl (C=O) groups excluding carboxylic acids is 1. The number of nitrogens with zero attached hydrogens (tertiary/aromatic N) is 3. The van der Waals surface area contributed by atoms with Gasteiger partial charge in [0, 0.05) is 19.4 Å². The minimum Gasteiger partial charge on any atom is -0.382 e. The van der Waals surface area contributed by atoms with Crippen LogP contribution in [-0.4, -0.2) is 22.9 Å². The van der Waals surface area contributed by atoms with E-state index < -0.39 is 0 Å². The molecule has 1 amide bonds. The van der Waals surface area contributed by atoms with Crippen LogP contribution in [0, 0.1) is 0 Å². The second kappa shape index (κ2) is 5.01. The Morgan fingerprint density at radius 2 is 2.17 bits per heavy atom. The first-order valence-corrected chi connectivity index (χ1v) is 5.57. The van der Waals surface area contributed by atoms with Gasteiger partial charge in [-0.2, -0.15) is 0 Å². The van der Waals surface area contributed by atoms with Gasteiger partial charge in [0.15, 0.2) is 0 Å². The fourth-order valence-corrected chi connectivity index (χ4v) is 1.58. The first-order chi connectivity index (χ1) is 8.59. The van der Waals surface area contributed by atoms with Gasteiger partial charge in [0.1, 0.15) is 11.6 Å². The summed E-state index contributed by atoms with van der Waals surface area (Å²) in [6.45, 7) is 0. The third-order valence-corrected chi connectivity index (χ3v) is 2.72. The summed E-state index contributed by atoms with van der Waals surface area (Å²) in [5, 5.41) is 0.260. The Kier molecular flexibility index (Phi) is 3.43. The van der Waals surface area contributed by atoms with Crippen molar-refractivity contribution in [2.45, 2.75) is 0 Å². The van der Waals surface area contributed by atoms with Crippen molar-refractivity contribution in [1.82, 2.24) is 9.97 Å². The number of hydrogen-bond donors (Lipinski definition) is 1. The molecular weight excluding hydrogens is 252 g/mol. The zero-order valence-electron chi connectivity index (χ0n) is 9.67. The zero-order chi connectivity index (χ0) is 13.1. The van der Waals surface area contributed by atoms with E-state index in [4.69, 9.17) is 17.3 Å². The van der Waals surface area contributed by atoms with Crippen LogP contribution in [0.15, 0.2) is 36.7 Å². The van der Waals surface area contributed by atoms with E-state index >= 15 is 0 Å². The predicted octanol–water partition coefficient (Wildman–Crippen LogP) is 1.99. The summed E-state index contributed by atoms with van der Waals surface area (Å²) in [5.41, 5.74) is 5.86. The first-order valence-electron chi connectivity index (χ1n) is 5.19. The molecule has 2 rings (SSSR count). The van der Waals surface area contributed by atoms with Crippen molar-refractivity contribution in [1.29, 1.82) is 0 Å². The topological polar surface area (TPSA) is 72.1 Å². The number of amides is 1. The van der Waals surface area contributed by atoms with Gasteiger partial charge >= 0.3 is 0 Å². The molecule has 2 aromatic heterocycles. The van der Waals surface area contributed by atoms with Crippen molar-refractivity contribution in [3.63, 3.8) is 0 Å². The lowest BCUT2D eigenvalue weighted by molar-refractivity contribution is 0.0992. The summed E-state index contributed by atoms with van der Waals surface area (Å²) < 4.78 is 0. The number of nitrogen functional groups attached to an aromatic ring is 1. The van der Waals surface area contributed by atoms with Crippen LogP contribution in [0.5, 0.6) is 0 Å². The lowest BCUT2D eigenvalue weighted by Gasteiger charge is -2.15. The Labute approximate surface area is 109 Å². The molecule has 0 aromatic carbocycles. The van der Waals surface area contributed by atoms with E-state index in [1.807, 2.05) is 0 Å². The molecule has 0 spiro atoms. The van der Waals surface area contributed by atoms with Gasteiger partial charge in [-0.05, 0) is 18.2 Å². The van der Waals surface area contributed by atoms with Crippen molar-refractivity contribution in [3.8, 4) is 0 Å². The van der Waals surface area contributed by atoms with E-state index in [2.05, 4.69) is 9.97 Å². The highest BCUT2D eigenvalue weighted by Crippen LogP contribution is 2.19. The summed E-state index contributed by atoms with van der Waals surface area (Å²) in [6, 6.07) is 6.82. The lowest BCUT2D eigenvalue weighted by atomic mass is 10.2. The molecule has 0 bridgehead atoms. The molecule has 0 atom stereocenters. The Bertz CT molecular complexity index is 574. The van der Waals surface area contributed by atoms with Crippen LogP contribution < -0.4 is 10.6 Å². The van der Waals surface area contributed by atoms with E-state index in [1.54, 1.807) is 31.4 Å². The fraction of sp³-hybridized carbons (Fsp3) is 0.0833. The average Bonchev–Trinajstić information content (AvgIpc) is 2.41. The third kappa shape index (κ3) is 2.41. The highest BCUT2D eigenvalue weighted by atomic mass is 35.5. The molecule has 2 heterocycles. The zero-order valence-corrected chi connectivity index (χ0v) is 10.4. The van der Waals surface area contributed by atoms with Gasteiger partial charge in [-0.1, -0.05) is 17.7 Å². The Hall–Kier alpha value is -2.14. The van der Waals surface area contributed by atoms with Crippen LogP contribution in [0.1, 0.15) is 10.4 Å². The van der Waals surface area contributed by atoms with Gasteiger partial charge in [0.05, 0.1) is 10.6 Å². The first kappa shape index (κ1) is 12.3. The molecule has 0 fully saturated rings. The SMILES string of the molecule is CN(C(=O)c1cnc(N)c(Cl)c1)c1ccccn1. The van der Waals surface area contributed by atoms with Crippen LogP contribution >= 0.6 is 11.6 Å². The maximum atomic E-state index is 12.2. The van der Waals surface area contributed by atoms with Crippen LogP contribution in [-0.2, 0) is 0 Å². The van der Waals surface area contributed by atoms with Gasteiger partial charge in [0.25, 0.3) is 5.91 Å². The number of rotatable bonds is 2. The van der Waals surface area contributed by atoms with Crippen LogP contribution in [0.2, 0.25) is 5.02 Å². The number of nitrogens with two attached hydrogens (primary N) is 1. The maximum Gasteiger partial charge on any atom is 0.260 e. The standard InChI is InChI=1S/C12H11ClN4O/c1-17(10-4-2-3-5-15-10)12(18)8-6-9(13)11(14)16-7-8/h2-7H,1H3,(H2,14,16). The van der Waals surface area contributed by atoms with Crippen molar-refractivity contribution in [2.24, 2.45) is 0 Å². The largest absolute Gasteiger partial charge is 0.382 e. The molecule has 0 saturated carbocycles. The molecule has 18 heavy (non-hydrogen) atoms. The number of hydrogen-bond acceptors (Lipinski definition) is 4. The van der Waals surface area contributed by atoms with Gasteiger partial charge in [-0.3, -0.25) is 9.69 Å². The minimum atomic E-state index is -0.247. The molecule has 2 N–H and O–H groups in total. The van der Waals surface area contributed by atoms with Gasteiger partial charge in [-0.15, -0.1) is 0 Å². The Morgan fingerprint density at radius 3 is 2.78 bits per heavy atom. The van der Waals surface area contributed by atoms with Crippen molar-refractivity contribution < 1.29 is 4.79 Å². The number of halogens is 1. The van der Waals surface area contributed by atoms with E-state index in [9.17, 15) is 4.79 Å². The van der Waals surface area contributed by atoms with Gasteiger partial charge in [0.2, 0.25) is 0 Å². The highest BCUT2D eigenvalue weighted by Gasteiger charge is 2.15. The number of carbonyl (C=O) groups is 1. The van der Waals surface area contributed by atoms with Crippen LogP contribution in [0.3, 0.4) is 0 Å². The maximum absolute atomic E-state index is 12.2. The smallest absolute Gasteiger partial charge is 0.260 e. The molecule has 0 aliphatic carbocycles. The monoisotopic (exact) mass is 262 g/mol. The summed E-state index contributed by atoms with van der Waals surface area (Å²) in [7, 11) is 1.63. The number of pyridine rings is 2. The van der Waals surface area contributed by atoms with Crippen LogP contribution in [0.4, 0.5) is 11.6 Å². The molecule has 0 unspecified atom stereocenters. The highest BCUT2D eigenvalue weighted by molar-refractivity contribution is 6.33. The minimum absolute atomic E-state index is 0.203. The summed E-state index contributed by atoms with van der Waals surface area (Å²) in [4.78, 5) is 21.5.